The van der Waals surface area contributed by atoms with Crippen molar-refractivity contribution >= 4 is 10.9 Å². The van der Waals surface area contributed by atoms with E-state index in [1.807, 2.05) is 42.7 Å². The highest BCUT2D eigenvalue weighted by atomic mass is 16.5. The Labute approximate surface area is 187 Å². The van der Waals surface area contributed by atoms with Crippen molar-refractivity contribution in [2.24, 2.45) is 7.05 Å². The van der Waals surface area contributed by atoms with Crippen LogP contribution in [0.15, 0.2) is 78.0 Å². The van der Waals surface area contributed by atoms with Crippen LogP contribution in [0.25, 0.3) is 10.9 Å². The zero-order chi connectivity index (χ0) is 22.2. The molecule has 164 valence electrons. The molecule has 32 heavy (non-hydrogen) atoms. The minimum atomic E-state index is -0.0183. The molecule has 0 saturated heterocycles. The quantitative estimate of drug-likeness (QED) is 0.390. The second kappa shape index (κ2) is 10.7. The van der Waals surface area contributed by atoms with E-state index in [0.717, 1.165) is 54.7 Å². The van der Waals surface area contributed by atoms with E-state index in [-0.39, 0.29) is 5.56 Å². The summed E-state index contributed by atoms with van der Waals surface area (Å²) in [6.07, 6.45) is 8.33. The van der Waals surface area contributed by atoms with Gasteiger partial charge in [0.05, 0.1) is 12.1 Å². The Kier molecular flexibility index (Phi) is 7.25. The molecule has 0 bridgehead atoms. The van der Waals surface area contributed by atoms with Crippen molar-refractivity contribution in [1.29, 1.82) is 0 Å². The fourth-order valence-electron chi connectivity index (χ4n) is 3.71. The zero-order valence-corrected chi connectivity index (χ0v) is 18.3. The Hall–Kier alpha value is -3.51. The van der Waals surface area contributed by atoms with E-state index in [9.17, 15) is 4.79 Å². The number of hydrogen-bond donors (Lipinski definition) is 1. The molecule has 1 N–H and O–H groups in total. The number of fused-ring (bicyclic) bond motifs is 1. The Bertz CT molecular complexity index is 1220. The fourth-order valence-corrected chi connectivity index (χ4v) is 3.71. The van der Waals surface area contributed by atoms with Crippen LogP contribution in [0.5, 0.6) is 5.75 Å². The van der Waals surface area contributed by atoms with Gasteiger partial charge in [-0.2, -0.15) is 0 Å². The van der Waals surface area contributed by atoms with Crippen molar-refractivity contribution < 1.29 is 4.74 Å². The molecule has 0 aliphatic rings. The third-order valence-electron chi connectivity index (χ3n) is 5.49. The Morgan fingerprint density at radius 2 is 1.94 bits per heavy atom. The zero-order valence-electron chi connectivity index (χ0n) is 18.3. The minimum Gasteiger partial charge on any atom is -0.493 e. The van der Waals surface area contributed by atoms with E-state index >= 15 is 0 Å². The molecule has 0 amide bonds. The molecule has 0 saturated carbocycles. The van der Waals surface area contributed by atoms with Crippen LogP contribution in [0.4, 0.5) is 0 Å². The van der Waals surface area contributed by atoms with Gasteiger partial charge in [0.1, 0.15) is 5.75 Å². The van der Waals surface area contributed by atoms with Gasteiger partial charge in [-0.15, -0.1) is 0 Å². The number of nitrogens with one attached hydrogen (secondary N) is 1. The standard InChI is InChI=1S/C26H28N4O2/c1-30-24-6-2-7-25(23(24)10-11-26(30)31)32-16-4-14-28-19-21-12-15-29-22(17-21)9-8-20-5-3-13-27-18-20/h2-3,5-7,10-13,15,17-18,28H,4,8-9,14,16,19H2,1H3. The van der Waals surface area contributed by atoms with E-state index in [2.05, 4.69) is 33.5 Å². The second-order valence-electron chi connectivity index (χ2n) is 7.82. The Morgan fingerprint density at radius 3 is 2.81 bits per heavy atom. The van der Waals surface area contributed by atoms with E-state index in [1.165, 1.54) is 11.1 Å². The molecule has 3 aromatic heterocycles. The molecule has 0 radical (unpaired) electrons. The monoisotopic (exact) mass is 428 g/mol. The van der Waals surface area contributed by atoms with Gasteiger partial charge in [0.15, 0.2) is 0 Å². The number of benzene rings is 1. The second-order valence-corrected chi connectivity index (χ2v) is 7.82. The fraction of sp³-hybridized carbons (Fsp3) is 0.269. The summed E-state index contributed by atoms with van der Waals surface area (Å²) < 4.78 is 7.63. The lowest BCUT2D eigenvalue weighted by Crippen LogP contribution is -2.17. The molecule has 0 spiro atoms. The summed E-state index contributed by atoms with van der Waals surface area (Å²) >= 11 is 0. The molecule has 0 aliphatic heterocycles. The predicted molar refractivity (Wildman–Crippen MR) is 127 cm³/mol. The maximum absolute atomic E-state index is 11.8. The van der Waals surface area contributed by atoms with Crippen molar-refractivity contribution in [3.8, 4) is 5.75 Å². The summed E-state index contributed by atoms with van der Waals surface area (Å²) in [4.78, 5) is 20.5. The van der Waals surface area contributed by atoms with Crippen LogP contribution in [0.1, 0.15) is 23.2 Å². The summed E-state index contributed by atoms with van der Waals surface area (Å²) in [6.45, 7) is 2.27. The summed E-state index contributed by atoms with van der Waals surface area (Å²) in [5, 5.41) is 4.44. The number of rotatable bonds is 10. The first-order valence-electron chi connectivity index (χ1n) is 11.0. The summed E-state index contributed by atoms with van der Waals surface area (Å²) in [5.74, 6) is 0.811. The topological polar surface area (TPSA) is 69.0 Å². The summed E-state index contributed by atoms with van der Waals surface area (Å²) in [5.41, 5.74) is 4.42. The smallest absolute Gasteiger partial charge is 0.250 e. The van der Waals surface area contributed by atoms with Crippen LogP contribution in [0, 0.1) is 0 Å². The minimum absolute atomic E-state index is 0.0183. The molecule has 0 unspecified atom stereocenters. The van der Waals surface area contributed by atoms with E-state index in [1.54, 1.807) is 23.9 Å². The van der Waals surface area contributed by atoms with Gasteiger partial charge < -0.3 is 14.6 Å². The van der Waals surface area contributed by atoms with E-state index < -0.39 is 0 Å². The average Bonchev–Trinajstić information content (AvgIpc) is 2.83. The van der Waals surface area contributed by atoms with Gasteiger partial charge in [-0.05, 0) is 73.3 Å². The molecule has 6 nitrogen and oxygen atoms in total. The van der Waals surface area contributed by atoms with Crippen molar-refractivity contribution in [3.05, 3.63) is 100 Å². The van der Waals surface area contributed by atoms with Gasteiger partial charge in [0.25, 0.3) is 5.56 Å². The van der Waals surface area contributed by atoms with E-state index in [4.69, 9.17) is 4.74 Å². The average molecular weight is 429 g/mol. The Balaban J connectivity index is 1.21. The number of hydrogen-bond acceptors (Lipinski definition) is 5. The number of ether oxygens (including phenoxy) is 1. The molecule has 4 rings (SSSR count). The largest absolute Gasteiger partial charge is 0.493 e. The van der Waals surface area contributed by atoms with Crippen LogP contribution in [-0.4, -0.2) is 27.7 Å². The molecule has 0 fully saturated rings. The number of aromatic nitrogens is 3. The summed E-state index contributed by atoms with van der Waals surface area (Å²) in [6, 6.07) is 17.5. The van der Waals surface area contributed by atoms with Crippen LogP contribution in [-0.2, 0) is 26.4 Å². The van der Waals surface area contributed by atoms with Crippen LogP contribution >= 0.6 is 0 Å². The first-order chi connectivity index (χ1) is 15.7. The highest BCUT2D eigenvalue weighted by molar-refractivity contribution is 5.85. The molecule has 3 heterocycles. The van der Waals surface area contributed by atoms with Gasteiger partial charge in [0, 0.05) is 49.3 Å². The third kappa shape index (κ3) is 5.59. The predicted octanol–water partition coefficient (Wildman–Crippen LogP) is 3.67. The first kappa shape index (κ1) is 21.7. The van der Waals surface area contributed by atoms with Gasteiger partial charge >= 0.3 is 0 Å². The van der Waals surface area contributed by atoms with Crippen molar-refractivity contribution in [3.63, 3.8) is 0 Å². The lowest BCUT2D eigenvalue weighted by atomic mass is 10.1. The maximum Gasteiger partial charge on any atom is 0.250 e. The first-order valence-corrected chi connectivity index (χ1v) is 11.0. The van der Waals surface area contributed by atoms with Gasteiger partial charge in [-0.3, -0.25) is 14.8 Å². The highest BCUT2D eigenvalue weighted by Crippen LogP contribution is 2.24. The van der Waals surface area contributed by atoms with Crippen LogP contribution in [0.3, 0.4) is 0 Å². The van der Waals surface area contributed by atoms with Gasteiger partial charge in [-0.1, -0.05) is 12.1 Å². The molecule has 6 heteroatoms. The normalized spacial score (nSPS) is 11.0. The lowest BCUT2D eigenvalue weighted by Gasteiger charge is -2.11. The van der Waals surface area contributed by atoms with Crippen molar-refractivity contribution in [1.82, 2.24) is 19.9 Å². The molecule has 4 aromatic rings. The maximum atomic E-state index is 11.8. The Morgan fingerprint density at radius 1 is 1.00 bits per heavy atom. The third-order valence-corrected chi connectivity index (χ3v) is 5.49. The number of aryl methyl sites for hydroxylation is 3. The summed E-state index contributed by atoms with van der Waals surface area (Å²) in [7, 11) is 1.78. The molecule has 1 aromatic carbocycles. The van der Waals surface area contributed by atoms with Crippen molar-refractivity contribution in [2.75, 3.05) is 13.2 Å². The molecule has 0 aliphatic carbocycles. The van der Waals surface area contributed by atoms with Gasteiger partial charge in [0.2, 0.25) is 0 Å². The molecule has 0 atom stereocenters. The highest BCUT2D eigenvalue weighted by Gasteiger charge is 2.05. The SMILES string of the molecule is Cn1c(=O)ccc2c(OCCCNCc3ccnc(CCc4cccnc4)c3)cccc21. The van der Waals surface area contributed by atoms with Gasteiger partial charge in [-0.25, -0.2) is 0 Å². The number of nitrogens with zero attached hydrogens (tertiary/aromatic N) is 3. The molecular weight excluding hydrogens is 400 g/mol. The molecular formula is C26H28N4O2. The lowest BCUT2D eigenvalue weighted by molar-refractivity contribution is 0.311. The van der Waals surface area contributed by atoms with E-state index in [0.29, 0.717) is 6.61 Å². The van der Waals surface area contributed by atoms with Crippen LogP contribution < -0.4 is 15.6 Å². The number of pyridine rings is 3. The van der Waals surface area contributed by atoms with Crippen LogP contribution in [0.2, 0.25) is 0 Å². The van der Waals surface area contributed by atoms with Crippen molar-refractivity contribution in [2.45, 2.75) is 25.8 Å².